The Kier molecular flexibility index (Phi) is 4.58. The van der Waals surface area contributed by atoms with Gasteiger partial charge in [0.15, 0.2) is 0 Å². The number of sulfonamides is 1. The summed E-state index contributed by atoms with van der Waals surface area (Å²) < 4.78 is 29.8. The highest BCUT2D eigenvalue weighted by Crippen LogP contribution is 2.31. The molecule has 0 bridgehead atoms. The van der Waals surface area contributed by atoms with Gasteiger partial charge in [-0.2, -0.15) is 0 Å². The van der Waals surface area contributed by atoms with E-state index in [1.54, 1.807) is 17.6 Å². The molecule has 2 unspecified atom stereocenters. The van der Waals surface area contributed by atoms with Crippen molar-refractivity contribution < 1.29 is 8.42 Å². The molecule has 2 aromatic carbocycles. The lowest BCUT2D eigenvalue weighted by Crippen LogP contribution is -2.38. The van der Waals surface area contributed by atoms with Crippen LogP contribution in [0.4, 0.5) is 0 Å². The summed E-state index contributed by atoms with van der Waals surface area (Å²) in [7, 11) is -3.57. The molecule has 0 spiro atoms. The fraction of sp³-hybridized carbons (Fsp3) is 0.316. The van der Waals surface area contributed by atoms with Crippen molar-refractivity contribution in [1.82, 2.24) is 9.71 Å². The minimum atomic E-state index is -3.57. The van der Waals surface area contributed by atoms with Crippen molar-refractivity contribution in [3.05, 3.63) is 59.6 Å². The second-order valence-corrected chi connectivity index (χ2v) is 9.13. The largest absolute Gasteiger partial charge is 0.243 e. The first-order valence-electron chi connectivity index (χ1n) is 8.52. The Bertz CT molecular complexity index is 967. The second kappa shape index (κ2) is 6.86. The van der Waals surface area contributed by atoms with Crippen molar-refractivity contribution >= 4 is 31.6 Å². The number of rotatable bonds is 5. The van der Waals surface area contributed by atoms with Crippen LogP contribution in [0.3, 0.4) is 0 Å². The molecular formula is C19H20N2O2S2. The average Bonchev–Trinajstić information content (AvgIpc) is 3.24. The minimum absolute atomic E-state index is 0.0147. The summed E-state index contributed by atoms with van der Waals surface area (Å²) >= 11 is 1.46. The highest BCUT2D eigenvalue weighted by molar-refractivity contribution is 7.89. The number of fused-ring (bicyclic) bond motifs is 1. The van der Waals surface area contributed by atoms with E-state index in [0.717, 1.165) is 30.4 Å². The molecule has 1 saturated carbocycles. The summed E-state index contributed by atoms with van der Waals surface area (Å²) in [4.78, 5) is 4.53. The molecule has 0 radical (unpaired) electrons. The van der Waals surface area contributed by atoms with Gasteiger partial charge in [0.25, 0.3) is 0 Å². The summed E-state index contributed by atoms with van der Waals surface area (Å²) in [5.74, 6) is 0.340. The first-order chi connectivity index (χ1) is 12.1. The Morgan fingerprint density at radius 3 is 2.76 bits per heavy atom. The number of nitrogens with zero attached hydrogens (tertiary/aromatic N) is 1. The van der Waals surface area contributed by atoms with E-state index in [4.69, 9.17) is 0 Å². The molecule has 1 fully saturated rings. The second-order valence-electron chi connectivity index (χ2n) is 6.56. The maximum atomic E-state index is 13.0. The van der Waals surface area contributed by atoms with Crippen LogP contribution in [0.15, 0.2) is 58.9 Å². The summed E-state index contributed by atoms with van der Waals surface area (Å²) in [6.45, 7) is 0. The van der Waals surface area contributed by atoms with Crippen molar-refractivity contribution in [1.29, 1.82) is 0 Å². The van der Waals surface area contributed by atoms with Gasteiger partial charge in [0, 0.05) is 6.04 Å². The van der Waals surface area contributed by atoms with Gasteiger partial charge in [-0.15, -0.1) is 11.3 Å². The molecule has 3 aromatic rings. The van der Waals surface area contributed by atoms with Crippen LogP contribution in [0.25, 0.3) is 10.2 Å². The third kappa shape index (κ3) is 3.47. The molecular weight excluding hydrogens is 352 g/mol. The molecule has 1 aliphatic carbocycles. The molecule has 4 rings (SSSR count). The number of aromatic nitrogens is 1. The standard InChI is InChI=1S/C19H20N2O2S2/c22-25(23,18-11-5-10-17-19(18)20-13-24-17)21-16-9-4-8-15(16)12-14-6-2-1-3-7-14/h1-3,5-7,10-11,13,15-16,21H,4,8-9,12H2. The van der Waals surface area contributed by atoms with Gasteiger partial charge in [0.05, 0.1) is 10.2 Å². The molecule has 1 aliphatic rings. The van der Waals surface area contributed by atoms with E-state index in [-0.39, 0.29) is 10.9 Å². The van der Waals surface area contributed by atoms with Crippen LogP contribution < -0.4 is 4.72 Å². The monoisotopic (exact) mass is 372 g/mol. The maximum absolute atomic E-state index is 13.0. The lowest BCUT2D eigenvalue weighted by Gasteiger charge is -2.21. The fourth-order valence-electron chi connectivity index (χ4n) is 3.69. The average molecular weight is 373 g/mol. The van der Waals surface area contributed by atoms with E-state index in [0.29, 0.717) is 11.4 Å². The molecule has 130 valence electrons. The Labute approximate surface area is 152 Å². The number of para-hydroxylation sites is 1. The molecule has 4 nitrogen and oxygen atoms in total. The van der Waals surface area contributed by atoms with Crippen molar-refractivity contribution in [3.63, 3.8) is 0 Å². The van der Waals surface area contributed by atoms with E-state index in [2.05, 4.69) is 21.8 Å². The molecule has 6 heteroatoms. The highest BCUT2D eigenvalue weighted by atomic mass is 32.2. The topological polar surface area (TPSA) is 59.1 Å². The van der Waals surface area contributed by atoms with Gasteiger partial charge in [0.1, 0.15) is 10.4 Å². The van der Waals surface area contributed by atoms with Crippen molar-refractivity contribution in [2.45, 2.75) is 36.6 Å². The quantitative estimate of drug-likeness (QED) is 0.737. The lowest BCUT2D eigenvalue weighted by molar-refractivity contribution is 0.442. The van der Waals surface area contributed by atoms with Crippen LogP contribution in [-0.2, 0) is 16.4 Å². The Balaban J connectivity index is 1.56. The highest BCUT2D eigenvalue weighted by Gasteiger charge is 2.32. The molecule has 2 atom stereocenters. The summed E-state index contributed by atoms with van der Waals surface area (Å²) in [5, 5.41) is 0. The molecule has 0 amide bonds. The Morgan fingerprint density at radius 2 is 1.92 bits per heavy atom. The minimum Gasteiger partial charge on any atom is -0.243 e. The van der Waals surface area contributed by atoms with E-state index in [1.807, 2.05) is 24.3 Å². The Hall–Kier alpha value is -1.76. The Morgan fingerprint density at radius 1 is 1.08 bits per heavy atom. The van der Waals surface area contributed by atoms with Crippen molar-refractivity contribution in [2.24, 2.45) is 5.92 Å². The van der Waals surface area contributed by atoms with Crippen molar-refractivity contribution in [3.8, 4) is 0 Å². The van der Waals surface area contributed by atoms with Crippen molar-refractivity contribution in [2.75, 3.05) is 0 Å². The smallest absolute Gasteiger partial charge is 0.243 e. The third-order valence-electron chi connectivity index (χ3n) is 4.92. The van der Waals surface area contributed by atoms with Gasteiger partial charge in [0.2, 0.25) is 10.0 Å². The van der Waals surface area contributed by atoms with Crippen LogP contribution in [0.1, 0.15) is 24.8 Å². The molecule has 1 heterocycles. The lowest BCUT2D eigenvalue weighted by atomic mass is 9.95. The van der Waals surface area contributed by atoms with E-state index < -0.39 is 10.0 Å². The van der Waals surface area contributed by atoms with Crippen LogP contribution >= 0.6 is 11.3 Å². The molecule has 0 saturated heterocycles. The summed E-state index contributed by atoms with van der Waals surface area (Å²) in [5.41, 5.74) is 3.52. The summed E-state index contributed by atoms with van der Waals surface area (Å²) in [6.07, 6.45) is 3.92. The maximum Gasteiger partial charge on any atom is 0.243 e. The van der Waals surface area contributed by atoms with Crippen LogP contribution in [-0.4, -0.2) is 19.4 Å². The zero-order valence-corrected chi connectivity index (χ0v) is 15.4. The van der Waals surface area contributed by atoms with Crippen LogP contribution in [0.2, 0.25) is 0 Å². The number of nitrogens with one attached hydrogen (secondary N) is 1. The van der Waals surface area contributed by atoms with Gasteiger partial charge in [-0.25, -0.2) is 18.1 Å². The summed E-state index contributed by atoms with van der Waals surface area (Å²) in [6, 6.07) is 15.6. The molecule has 0 aliphatic heterocycles. The van der Waals surface area contributed by atoms with Gasteiger partial charge in [-0.05, 0) is 42.9 Å². The zero-order valence-electron chi connectivity index (χ0n) is 13.8. The van der Waals surface area contributed by atoms with Crippen LogP contribution in [0, 0.1) is 5.92 Å². The number of thiazole rings is 1. The third-order valence-corrected chi connectivity index (χ3v) is 7.23. The van der Waals surface area contributed by atoms with Crippen LogP contribution in [0.5, 0.6) is 0 Å². The first kappa shape index (κ1) is 16.7. The molecule has 1 aromatic heterocycles. The van der Waals surface area contributed by atoms with Gasteiger partial charge >= 0.3 is 0 Å². The van der Waals surface area contributed by atoms with Gasteiger partial charge in [-0.1, -0.05) is 42.8 Å². The van der Waals surface area contributed by atoms with E-state index in [1.165, 1.54) is 16.9 Å². The predicted molar refractivity (Wildman–Crippen MR) is 101 cm³/mol. The molecule has 25 heavy (non-hydrogen) atoms. The number of benzene rings is 2. The molecule has 1 N–H and O–H groups in total. The van der Waals surface area contributed by atoms with E-state index in [9.17, 15) is 8.42 Å². The van der Waals surface area contributed by atoms with Gasteiger partial charge < -0.3 is 0 Å². The zero-order chi connectivity index (χ0) is 17.3. The fourth-order valence-corrected chi connectivity index (χ4v) is 5.97. The first-order valence-corrected chi connectivity index (χ1v) is 10.9. The van der Waals surface area contributed by atoms with Gasteiger partial charge in [-0.3, -0.25) is 0 Å². The normalized spacial score (nSPS) is 21.0. The number of hydrogen-bond acceptors (Lipinski definition) is 4. The SMILES string of the molecule is O=S(=O)(NC1CCCC1Cc1ccccc1)c1cccc2scnc12. The number of hydrogen-bond donors (Lipinski definition) is 1. The predicted octanol–water partition coefficient (Wildman–Crippen LogP) is 3.99. The van der Waals surface area contributed by atoms with E-state index >= 15 is 0 Å².